The lowest BCUT2D eigenvalue weighted by molar-refractivity contribution is -0.140. The SMILES string of the molecule is C=C(C)C(=O)OCc1ccc(OC(=O)C(=C)C)c(OC)c1. The summed E-state index contributed by atoms with van der Waals surface area (Å²) in [5.41, 5.74) is 1.32. The third kappa shape index (κ3) is 4.80. The van der Waals surface area contributed by atoms with Gasteiger partial charge in [-0.15, -0.1) is 0 Å². The van der Waals surface area contributed by atoms with E-state index in [9.17, 15) is 9.59 Å². The number of rotatable bonds is 6. The molecule has 0 aliphatic carbocycles. The Bertz CT molecular complexity index is 586. The summed E-state index contributed by atoms with van der Waals surface area (Å²) in [6, 6.07) is 4.88. The van der Waals surface area contributed by atoms with Gasteiger partial charge in [-0.2, -0.15) is 0 Å². The largest absolute Gasteiger partial charge is 0.493 e. The van der Waals surface area contributed by atoms with Gasteiger partial charge in [0.05, 0.1) is 7.11 Å². The fourth-order valence-electron chi connectivity index (χ4n) is 1.35. The molecule has 0 aliphatic heterocycles. The van der Waals surface area contributed by atoms with Crippen LogP contribution in [0.2, 0.25) is 0 Å². The van der Waals surface area contributed by atoms with Crippen molar-refractivity contribution in [3.8, 4) is 11.5 Å². The van der Waals surface area contributed by atoms with E-state index in [0.717, 1.165) is 0 Å². The molecule has 0 atom stereocenters. The van der Waals surface area contributed by atoms with Crippen LogP contribution in [-0.2, 0) is 20.9 Å². The van der Waals surface area contributed by atoms with Gasteiger partial charge in [-0.25, -0.2) is 9.59 Å². The highest BCUT2D eigenvalue weighted by atomic mass is 16.6. The maximum Gasteiger partial charge on any atom is 0.338 e. The summed E-state index contributed by atoms with van der Waals surface area (Å²) in [6.45, 7) is 10.2. The zero-order valence-corrected chi connectivity index (χ0v) is 12.4. The molecule has 0 spiro atoms. The molecule has 112 valence electrons. The van der Waals surface area contributed by atoms with Crippen molar-refractivity contribution in [3.63, 3.8) is 0 Å². The van der Waals surface area contributed by atoms with Crippen molar-refractivity contribution >= 4 is 11.9 Å². The predicted molar refractivity (Wildman–Crippen MR) is 78.1 cm³/mol. The third-order valence-electron chi connectivity index (χ3n) is 2.50. The second-order valence-electron chi connectivity index (χ2n) is 4.51. The number of ether oxygens (including phenoxy) is 3. The molecule has 0 amide bonds. The van der Waals surface area contributed by atoms with E-state index < -0.39 is 11.9 Å². The molecule has 0 saturated heterocycles. The highest BCUT2D eigenvalue weighted by Gasteiger charge is 2.12. The molecule has 0 aliphatic rings. The highest BCUT2D eigenvalue weighted by molar-refractivity contribution is 5.89. The second-order valence-corrected chi connectivity index (χ2v) is 4.51. The molecule has 1 aromatic carbocycles. The van der Waals surface area contributed by atoms with Crippen LogP contribution < -0.4 is 9.47 Å². The Labute approximate surface area is 123 Å². The molecule has 0 fully saturated rings. The van der Waals surface area contributed by atoms with Crippen LogP contribution in [-0.4, -0.2) is 19.0 Å². The Kier molecular flexibility index (Phi) is 5.72. The Hall–Kier alpha value is -2.56. The quantitative estimate of drug-likeness (QED) is 0.458. The third-order valence-corrected chi connectivity index (χ3v) is 2.50. The van der Waals surface area contributed by atoms with Crippen LogP contribution in [0.3, 0.4) is 0 Å². The number of methoxy groups -OCH3 is 1. The number of benzene rings is 1. The average Bonchev–Trinajstić information content (AvgIpc) is 2.45. The Balaban J connectivity index is 2.83. The Morgan fingerprint density at radius 1 is 1.05 bits per heavy atom. The fraction of sp³-hybridized carbons (Fsp3) is 0.250. The number of hydrogen-bond acceptors (Lipinski definition) is 5. The molecule has 1 rings (SSSR count). The van der Waals surface area contributed by atoms with Crippen LogP contribution in [0.25, 0.3) is 0 Å². The number of carbonyl (C=O) groups excluding carboxylic acids is 2. The van der Waals surface area contributed by atoms with E-state index in [1.807, 2.05) is 0 Å². The fourth-order valence-corrected chi connectivity index (χ4v) is 1.35. The molecule has 1 aromatic rings. The van der Waals surface area contributed by atoms with E-state index in [2.05, 4.69) is 13.2 Å². The predicted octanol–water partition coefficient (Wildman–Crippen LogP) is 2.80. The van der Waals surface area contributed by atoms with Gasteiger partial charge in [-0.3, -0.25) is 0 Å². The highest BCUT2D eigenvalue weighted by Crippen LogP contribution is 2.29. The molecule has 0 aromatic heterocycles. The van der Waals surface area contributed by atoms with Crippen molar-refractivity contribution in [2.45, 2.75) is 20.5 Å². The van der Waals surface area contributed by atoms with Gasteiger partial charge < -0.3 is 14.2 Å². The first-order chi connectivity index (χ1) is 9.85. The molecule has 5 nitrogen and oxygen atoms in total. The van der Waals surface area contributed by atoms with Crippen LogP contribution in [0.1, 0.15) is 19.4 Å². The van der Waals surface area contributed by atoms with Gasteiger partial charge in [0.2, 0.25) is 0 Å². The summed E-state index contributed by atoms with van der Waals surface area (Å²) >= 11 is 0. The zero-order chi connectivity index (χ0) is 16.0. The van der Waals surface area contributed by atoms with Gasteiger partial charge in [-0.1, -0.05) is 19.2 Å². The first-order valence-electron chi connectivity index (χ1n) is 6.22. The van der Waals surface area contributed by atoms with Gasteiger partial charge in [-0.05, 0) is 31.5 Å². The molecular weight excluding hydrogens is 272 g/mol. The first-order valence-corrected chi connectivity index (χ1v) is 6.22. The van der Waals surface area contributed by atoms with Crippen molar-refractivity contribution in [2.75, 3.05) is 7.11 Å². The molecule has 0 heterocycles. The van der Waals surface area contributed by atoms with Crippen molar-refractivity contribution in [1.29, 1.82) is 0 Å². The Morgan fingerprint density at radius 3 is 2.19 bits per heavy atom. The van der Waals surface area contributed by atoms with Crippen molar-refractivity contribution in [1.82, 2.24) is 0 Å². The molecule has 21 heavy (non-hydrogen) atoms. The molecule has 0 radical (unpaired) electrons. The van der Waals surface area contributed by atoms with E-state index in [0.29, 0.717) is 16.9 Å². The molecule has 0 N–H and O–H groups in total. The number of carbonyl (C=O) groups is 2. The summed E-state index contributed by atoms with van der Waals surface area (Å²) in [5, 5.41) is 0. The van der Waals surface area contributed by atoms with E-state index >= 15 is 0 Å². The van der Waals surface area contributed by atoms with Crippen molar-refractivity contribution in [2.24, 2.45) is 0 Å². The van der Waals surface area contributed by atoms with Gasteiger partial charge in [0, 0.05) is 11.1 Å². The molecule has 0 bridgehead atoms. The van der Waals surface area contributed by atoms with Crippen LogP contribution in [0.4, 0.5) is 0 Å². The number of hydrogen-bond donors (Lipinski definition) is 0. The van der Waals surface area contributed by atoms with Gasteiger partial charge in [0.15, 0.2) is 11.5 Å². The van der Waals surface area contributed by atoms with Crippen LogP contribution in [0, 0.1) is 0 Å². The number of esters is 2. The molecular formula is C16H18O5. The van der Waals surface area contributed by atoms with Crippen molar-refractivity contribution < 1.29 is 23.8 Å². The topological polar surface area (TPSA) is 61.8 Å². The zero-order valence-electron chi connectivity index (χ0n) is 12.4. The second kappa shape index (κ2) is 7.28. The smallest absolute Gasteiger partial charge is 0.338 e. The lowest BCUT2D eigenvalue weighted by Gasteiger charge is -2.11. The summed E-state index contributed by atoms with van der Waals surface area (Å²) in [7, 11) is 1.46. The van der Waals surface area contributed by atoms with E-state index in [-0.39, 0.29) is 17.9 Å². The first kappa shape index (κ1) is 16.5. The standard InChI is InChI=1S/C16H18O5/c1-10(2)15(17)20-9-12-6-7-13(14(8-12)19-5)21-16(18)11(3)4/h6-8H,1,3,9H2,2,4-5H3. The maximum atomic E-state index is 11.5. The van der Waals surface area contributed by atoms with Crippen molar-refractivity contribution in [3.05, 3.63) is 48.1 Å². The van der Waals surface area contributed by atoms with Crippen LogP contribution >= 0.6 is 0 Å². The summed E-state index contributed by atoms with van der Waals surface area (Å²) < 4.78 is 15.3. The van der Waals surface area contributed by atoms with Gasteiger partial charge in [0.1, 0.15) is 6.61 Å². The maximum absolute atomic E-state index is 11.5. The van der Waals surface area contributed by atoms with E-state index in [4.69, 9.17) is 14.2 Å². The molecule has 5 heteroatoms. The van der Waals surface area contributed by atoms with Crippen LogP contribution in [0.15, 0.2) is 42.5 Å². The van der Waals surface area contributed by atoms with Gasteiger partial charge >= 0.3 is 11.9 Å². The minimum absolute atomic E-state index is 0.0801. The van der Waals surface area contributed by atoms with Gasteiger partial charge in [0.25, 0.3) is 0 Å². The van der Waals surface area contributed by atoms with E-state index in [1.165, 1.54) is 7.11 Å². The monoisotopic (exact) mass is 290 g/mol. The minimum Gasteiger partial charge on any atom is -0.493 e. The summed E-state index contributed by atoms with van der Waals surface area (Å²) in [5.74, 6) is -0.351. The summed E-state index contributed by atoms with van der Waals surface area (Å²) in [4.78, 5) is 22.8. The lowest BCUT2D eigenvalue weighted by Crippen LogP contribution is -2.09. The molecule has 0 unspecified atom stereocenters. The Morgan fingerprint density at radius 2 is 1.67 bits per heavy atom. The summed E-state index contributed by atoms with van der Waals surface area (Å²) in [6.07, 6.45) is 0. The normalized spacial score (nSPS) is 9.67. The lowest BCUT2D eigenvalue weighted by atomic mass is 10.2. The van der Waals surface area contributed by atoms with Crippen LogP contribution in [0.5, 0.6) is 11.5 Å². The average molecular weight is 290 g/mol. The minimum atomic E-state index is -0.533. The molecule has 0 saturated carbocycles. The van der Waals surface area contributed by atoms with E-state index in [1.54, 1.807) is 32.0 Å².